The number of piperidine rings is 1. The normalized spacial score (nSPS) is 16.2. The van der Waals surface area contributed by atoms with Crippen LogP contribution in [0, 0.1) is 0 Å². The third kappa shape index (κ3) is 4.54. The Morgan fingerprint density at radius 1 is 1.09 bits per heavy atom. The molecule has 0 atom stereocenters. The van der Waals surface area contributed by atoms with Crippen molar-refractivity contribution in [1.29, 1.82) is 0 Å². The van der Waals surface area contributed by atoms with Gasteiger partial charge in [-0.1, -0.05) is 17.7 Å². The molecule has 124 valence electrons. The smallest absolute Gasteiger partial charge is 0.0596 e. The second-order valence-corrected chi connectivity index (χ2v) is 8.09. The minimum Gasteiger partial charge on any atom is -0.377 e. The lowest BCUT2D eigenvalue weighted by Gasteiger charge is -2.29. The number of hydrogen-bond acceptors (Lipinski definition) is 4. The largest absolute Gasteiger partial charge is 0.377 e. The summed E-state index contributed by atoms with van der Waals surface area (Å²) in [4.78, 5) is 5.37. The number of ether oxygens (including phenoxy) is 1. The van der Waals surface area contributed by atoms with Crippen LogP contribution in [0.5, 0.6) is 0 Å². The molecule has 0 unspecified atom stereocenters. The molecule has 0 radical (unpaired) electrons. The predicted octanol–water partition coefficient (Wildman–Crippen LogP) is 5.13. The van der Waals surface area contributed by atoms with Crippen LogP contribution in [-0.4, -0.2) is 37.2 Å². The zero-order chi connectivity index (χ0) is 16.1. The molecule has 0 aromatic carbocycles. The van der Waals surface area contributed by atoms with Gasteiger partial charge < -0.3 is 9.64 Å². The molecule has 0 aliphatic carbocycles. The SMILES string of the molecule is CC(C)OCCN1CCC(=C(c2cccs2)c2cccs2)CC1. The topological polar surface area (TPSA) is 12.5 Å². The van der Waals surface area contributed by atoms with E-state index < -0.39 is 0 Å². The summed E-state index contributed by atoms with van der Waals surface area (Å²) < 4.78 is 5.69. The van der Waals surface area contributed by atoms with Crippen molar-refractivity contribution >= 4 is 28.2 Å². The highest BCUT2D eigenvalue weighted by Gasteiger charge is 2.19. The van der Waals surface area contributed by atoms with Crippen molar-refractivity contribution in [2.75, 3.05) is 26.2 Å². The van der Waals surface area contributed by atoms with E-state index in [1.54, 1.807) is 5.57 Å². The van der Waals surface area contributed by atoms with Gasteiger partial charge in [-0.25, -0.2) is 0 Å². The highest BCUT2D eigenvalue weighted by atomic mass is 32.1. The molecule has 2 aromatic rings. The van der Waals surface area contributed by atoms with E-state index in [-0.39, 0.29) is 0 Å². The highest BCUT2D eigenvalue weighted by molar-refractivity contribution is 7.13. The van der Waals surface area contributed by atoms with Crippen LogP contribution in [0.2, 0.25) is 0 Å². The van der Waals surface area contributed by atoms with Gasteiger partial charge in [0.25, 0.3) is 0 Å². The lowest BCUT2D eigenvalue weighted by atomic mass is 9.96. The van der Waals surface area contributed by atoms with Crippen LogP contribution in [-0.2, 0) is 4.74 Å². The van der Waals surface area contributed by atoms with Crippen LogP contribution in [0.15, 0.2) is 40.6 Å². The molecular weight excluding hydrogens is 322 g/mol. The molecule has 0 N–H and O–H groups in total. The van der Waals surface area contributed by atoms with E-state index in [0.717, 1.165) is 26.2 Å². The molecule has 0 spiro atoms. The third-order valence-corrected chi connectivity index (χ3v) is 5.98. The predicted molar refractivity (Wildman–Crippen MR) is 101 cm³/mol. The van der Waals surface area contributed by atoms with Crippen LogP contribution in [0.25, 0.3) is 5.57 Å². The second-order valence-electron chi connectivity index (χ2n) is 6.19. The Morgan fingerprint density at radius 3 is 2.17 bits per heavy atom. The maximum atomic E-state index is 5.69. The average molecular weight is 348 g/mol. The standard InChI is InChI=1S/C19H25NOS2/c1-15(2)21-12-11-20-9-7-16(8-10-20)19(17-5-3-13-22-17)18-6-4-14-23-18/h3-6,13-15H,7-12H2,1-2H3. The second kappa shape index (κ2) is 8.25. The van der Waals surface area contributed by atoms with Gasteiger partial charge in [0.2, 0.25) is 0 Å². The molecule has 1 aliphatic rings. The quantitative estimate of drug-likeness (QED) is 0.718. The van der Waals surface area contributed by atoms with E-state index in [2.05, 4.69) is 53.8 Å². The van der Waals surface area contributed by atoms with Gasteiger partial charge >= 0.3 is 0 Å². The first kappa shape index (κ1) is 16.9. The number of nitrogens with zero attached hydrogens (tertiary/aromatic N) is 1. The fraction of sp³-hybridized carbons (Fsp3) is 0.474. The van der Waals surface area contributed by atoms with Gasteiger partial charge in [-0.15, -0.1) is 22.7 Å². The van der Waals surface area contributed by atoms with E-state index in [1.807, 2.05) is 22.7 Å². The molecule has 4 heteroatoms. The monoisotopic (exact) mass is 347 g/mol. The van der Waals surface area contributed by atoms with Crippen LogP contribution >= 0.6 is 22.7 Å². The van der Waals surface area contributed by atoms with Crippen molar-refractivity contribution in [3.63, 3.8) is 0 Å². The van der Waals surface area contributed by atoms with Crippen molar-refractivity contribution in [1.82, 2.24) is 4.90 Å². The Morgan fingerprint density at radius 2 is 1.70 bits per heavy atom. The summed E-state index contributed by atoms with van der Waals surface area (Å²) in [6.07, 6.45) is 2.68. The van der Waals surface area contributed by atoms with Crippen LogP contribution in [0.3, 0.4) is 0 Å². The first-order valence-corrected chi connectivity index (χ1v) is 10.1. The lowest BCUT2D eigenvalue weighted by molar-refractivity contribution is 0.0574. The van der Waals surface area contributed by atoms with E-state index >= 15 is 0 Å². The molecule has 0 amide bonds. The van der Waals surface area contributed by atoms with Crippen LogP contribution < -0.4 is 0 Å². The van der Waals surface area contributed by atoms with Crippen LogP contribution in [0.4, 0.5) is 0 Å². The number of thiophene rings is 2. The lowest BCUT2D eigenvalue weighted by Crippen LogP contribution is -2.34. The molecule has 1 aliphatic heterocycles. The number of likely N-dealkylation sites (tertiary alicyclic amines) is 1. The minimum absolute atomic E-state index is 0.333. The Labute approximate surface area is 147 Å². The number of hydrogen-bond donors (Lipinski definition) is 0. The van der Waals surface area contributed by atoms with Gasteiger partial charge in [0, 0.05) is 35.0 Å². The number of rotatable bonds is 6. The van der Waals surface area contributed by atoms with Crippen molar-refractivity contribution in [2.45, 2.75) is 32.8 Å². The van der Waals surface area contributed by atoms with E-state index in [4.69, 9.17) is 4.74 Å². The summed E-state index contributed by atoms with van der Waals surface area (Å²) >= 11 is 3.71. The summed E-state index contributed by atoms with van der Waals surface area (Å²) in [7, 11) is 0. The average Bonchev–Trinajstić information content (AvgIpc) is 3.23. The molecule has 2 nitrogen and oxygen atoms in total. The molecule has 0 bridgehead atoms. The van der Waals surface area contributed by atoms with E-state index in [1.165, 1.54) is 28.2 Å². The summed E-state index contributed by atoms with van der Waals surface area (Å²) in [6, 6.07) is 8.84. The fourth-order valence-corrected chi connectivity index (χ4v) is 4.76. The van der Waals surface area contributed by atoms with Crippen molar-refractivity contribution in [2.24, 2.45) is 0 Å². The zero-order valence-corrected chi connectivity index (χ0v) is 15.6. The third-order valence-electron chi connectivity index (χ3n) is 4.21. The van der Waals surface area contributed by atoms with Gasteiger partial charge in [-0.05, 0) is 49.6 Å². The molecule has 1 saturated heterocycles. The maximum absolute atomic E-state index is 5.69. The first-order chi connectivity index (χ1) is 11.2. The van der Waals surface area contributed by atoms with Crippen molar-refractivity contribution < 1.29 is 4.74 Å². The summed E-state index contributed by atoms with van der Waals surface area (Å²) in [5, 5.41) is 4.36. The van der Waals surface area contributed by atoms with Crippen molar-refractivity contribution in [3.8, 4) is 0 Å². The highest BCUT2D eigenvalue weighted by Crippen LogP contribution is 2.36. The zero-order valence-electron chi connectivity index (χ0n) is 14.0. The Kier molecular flexibility index (Phi) is 6.06. The fourth-order valence-electron chi connectivity index (χ4n) is 3.03. The molecule has 3 heterocycles. The molecule has 1 fully saturated rings. The Hall–Kier alpha value is -0.940. The van der Waals surface area contributed by atoms with Gasteiger partial charge in [0.1, 0.15) is 0 Å². The molecule has 0 saturated carbocycles. The maximum Gasteiger partial charge on any atom is 0.0596 e. The van der Waals surface area contributed by atoms with E-state index in [0.29, 0.717) is 6.10 Å². The van der Waals surface area contributed by atoms with Gasteiger partial charge in [0.05, 0.1) is 12.7 Å². The Balaban J connectivity index is 1.68. The summed E-state index contributed by atoms with van der Waals surface area (Å²) in [5.41, 5.74) is 3.11. The van der Waals surface area contributed by atoms with Crippen LogP contribution in [0.1, 0.15) is 36.4 Å². The molecule has 2 aromatic heterocycles. The van der Waals surface area contributed by atoms with Gasteiger partial charge in [-0.3, -0.25) is 0 Å². The Bertz CT molecular complexity index is 568. The minimum atomic E-state index is 0.333. The van der Waals surface area contributed by atoms with Gasteiger partial charge in [0.15, 0.2) is 0 Å². The molecule has 23 heavy (non-hydrogen) atoms. The molecular formula is C19H25NOS2. The molecule has 3 rings (SSSR count). The van der Waals surface area contributed by atoms with Gasteiger partial charge in [-0.2, -0.15) is 0 Å². The first-order valence-electron chi connectivity index (χ1n) is 8.38. The van der Waals surface area contributed by atoms with Crippen molar-refractivity contribution in [3.05, 3.63) is 50.4 Å². The van der Waals surface area contributed by atoms with E-state index in [9.17, 15) is 0 Å². The summed E-state index contributed by atoms with van der Waals surface area (Å²) in [5.74, 6) is 0. The summed E-state index contributed by atoms with van der Waals surface area (Å²) in [6.45, 7) is 8.41.